The Kier molecular flexibility index (Phi) is 3.57. The Morgan fingerprint density at radius 1 is 1.04 bits per heavy atom. The molecule has 1 aromatic carbocycles. The second kappa shape index (κ2) is 5.63. The first kappa shape index (κ1) is 15.2. The second-order valence-corrected chi connectivity index (χ2v) is 6.85. The average molecular weight is 345 g/mol. The number of sulfonamides is 1. The number of hydrogen-bond donors (Lipinski definition) is 5. The summed E-state index contributed by atoms with van der Waals surface area (Å²) < 4.78 is 25.8. The first-order valence-corrected chi connectivity index (χ1v) is 8.70. The van der Waals surface area contributed by atoms with E-state index in [-0.39, 0.29) is 4.90 Å². The fourth-order valence-corrected chi connectivity index (χ4v) is 3.67. The second-order valence-electron chi connectivity index (χ2n) is 5.32. The van der Waals surface area contributed by atoms with E-state index in [4.69, 9.17) is 5.14 Å². The van der Waals surface area contributed by atoms with Gasteiger partial charge in [-0.25, -0.2) is 28.9 Å². The maximum absolute atomic E-state index is 12.1. The molecule has 0 amide bonds. The van der Waals surface area contributed by atoms with Crippen LogP contribution in [-0.4, -0.2) is 18.0 Å². The summed E-state index contributed by atoms with van der Waals surface area (Å²) in [6.45, 7) is 0. The zero-order valence-corrected chi connectivity index (χ0v) is 13.2. The van der Waals surface area contributed by atoms with Crippen molar-refractivity contribution in [3.8, 4) is 11.1 Å². The van der Waals surface area contributed by atoms with E-state index < -0.39 is 16.2 Å². The lowest BCUT2D eigenvalue weighted by atomic mass is 9.99. The number of fused-ring (bicyclic) bond motifs is 1. The molecule has 1 aliphatic heterocycles. The summed E-state index contributed by atoms with van der Waals surface area (Å²) in [5.41, 5.74) is 14.1. The molecule has 0 aliphatic carbocycles. The molecule has 3 heterocycles. The molecule has 0 spiro atoms. The summed E-state index contributed by atoms with van der Waals surface area (Å²) in [7, 11) is -3.90. The van der Waals surface area contributed by atoms with Gasteiger partial charge in [0.25, 0.3) is 0 Å². The van der Waals surface area contributed by atoms with Gasteiger partial charge in [0.15, 0.2) is 0 Å². The van der Waals surface area contributed by atoms with Gasteiger partial charge in [0, 0.05) is 17.3 Å². The standard InChI is InChI=1S/C14H15N7O2S/c15-24(22,23)12-6-3-4-9(13(12)14-17-19-20-18-14)10-8-16-21-7-2-1-5-11(10)21/h1-8,14,17-20H,(H2,15,22,23). The highest BCUT2D eigenvalue weighted by molar-refractivity contribution is 7.89. The molecule has 2 aromatic heterocycles. The highest BCUT2D eigenvalue weighted by Crippen LogP contribution is 2.34. The van der Waals surface area contributed by atoms with Gasteiger partial charge in [0.2, 0.25) is 10.0 Å². The molecular formula is C14H15N7O2S. The largest absolute Gasteiger partial charge is 0.240 e. The quantitative estimate of drug-likeness (QED) is 0.444. The Hall–Kier alpha value is -2.34. The number of pyridine rings is 1. The maximum atomic E-state index is 12.1. The van der Waals surface area contributed by atoms with Crippen LogP contribution in [0.4, 0.5) is 0 Å². The van der Waals surface area contributed by atoms with Crippen LogP contribution in [0.2, 0.25) is 0 Å². The van der Waals surface area contributed by atoms with Gasteiger partial charge in [-0.2, -0.15) is 16.2 Å². The zero-order chi connectivity index (χ0) is 16.7. The van der Waals surface area contributed by atoms with Crippen molar-refractivity contribution in [3.05, 3.63) is 54.4 Å². The number of nitrogens with one attached hydrogen (secondary N) is 4. The highest BCUT2D eigenvalue weighted by atomic mass is 32.2. The maximum Gasteiger partial charge on any atom is 0.238 e. The Bertz CT molecular complexity index is 1010. The monoisotopic (exact) mass is 345 g/mol. The molecule has 24 heavy (non-hydrogen) atoms. The van der Waals surface area contributed by atoms with Gasteiger partial charge in [-0.3, -0.25) is 0 Å². The first-order chi connectivity index (χ1) is 11.6. The Balaban J connectivity index is 2.01. The molecule has 124 valence electrons. The van der Waals surface area contributed by atoms with Crippen molar-refractivity contribution in [1.29, 1.82) is 0 Å². The summed E-state index contributed by atoms with van der Waals surface area (Å²) in [6.07, 6.45) is 3.04. The molecule has 6 N–H and O–H groups in total. The lowest BCUT2D eigenvalue weighted by Crippen LogP contribution is -2.33. The molecular weight excluding hydrogens is 330 g/mol. The molecule has 0 saturated carbocycles. The van der Waals surface area contributed by atoms with E-state index in [9.17, 15) is 8.42 Å². The molecule has 0 atom stereocenters. The SMILES string of the molecule is NS(=O)(=O)c1cccc(-c2cnn3ccccc23)c1C1NNNN1. The van der Waals surface area contributed by atoms with Crippen molar-refractivity contribution < 1.29 is 8.42 Å². The number of rotatable bonds is 3. The smallest absolute Gasteiger partial charge is 0.238 e. The molecule has 1 aliphatic rings. The number of nitrogens with zero attached hydrogens (tertiary/aromatic N) is 2. The summed E-state index contributed by atoms with van der Waals surface area (Å²) in [5.74, 6) is 0. The van der Waals surface area contributed by atoms with E-state index in [1.165, 1.54) is 6.07 Å². The minimum atomic E-state index is -3.90. The lowest BCUT2D eigenvalue weighted by Gasteiger charge is -2.18. The number of nitrogens with two attached hydrogens (primary N) is 1. The van der Waals surface area contributed by atoms with Crippen LogP contribution >= 0.6 is 0 Å². The summed E-state index contributed by atoms with van der Waals surface area (Å²) in [4.78, 5) is 0.0470. The van der Waals surface area contributed by atoms with Crippen molar-refractivity contribution in [2.45, 2.75) is 11.1 Å². The number of aromatic nitrogens is 2. The zero-order valence-electron chi connectivity index (χ0n) is 12.4. The molecule has 0 radical (unpaired) electrons. The number of benzene rings is 1. The third-order valence-corrected chi connectivity index (χ3v) is 4.84. The number of hydrazine groups is 3. The third-order valence-electron chi connectivity index (χ3n) is 3.87. The van der Waals surface area contributed by atoms with Crippen molar-refractivity contribution in [2.75, 3.05) is 0 Å². The van der Waals surface area contributed by atoms with Crippen molar-refractivity contribution >= 4 is 15.5 Å². The van der Waals surface area contributed by atoms with Crippen LogP contribution in [0.1, 0.15) is 11.7 Å². The van der Waals surface area contributed by atoms with Gasteiger partial charge in [0.05, 0.1) is 16.6 Å². The minimum Gasteiger partial charge on any atom is -0.240 e. The molecule has 0 unspecified atom stereocenters. The number of hydrogen-bond acceptors (Lipinski definition) is 7. The Morgan fingerprint density at radius 3 is 2.58 bits per heavy atom. The molecule has 10 heteroatoms. The summed E-state index contributed by atoms with van der Waals surface area (Å²) in [5, 5.41) is 9.73. The van der Waals surface area contributed by atoms with Crippen LogP contribution in [0.5, 0.6) is 0 Å². The van der Waals surface area contributed by atoms with E-state index in [1.807, 2.05) is 30.5 Å². The van der Waals surface area contributed by atoms with Gasteiger partial charge < -0.3 is 0 Å². The minimum absolute atomic E-state index is 0.0470. The Labute approximate surface area is 137 Å². The van der Waals surface area contributed by atoms with Crippen molar-refractivity contribution in [2.24, 2.45) is 5.14 Å². The van der Waals surface area contributed by atoms with Crippen LogP contribution in [0.15, 0.2) is 53.7 Å². The predicted molar refractivity (Wildman–Crippen MR) is 87.3 cm³/mol. The average Bonchev–Trinajstić information content (AvgIpc) is 3.23. The molecule has 9 nitrogen and oxygen atoms in total. The lowest BCUT2D eigenvalue weighted by molar-refractivity contribution is 0.541. The topological polar surface area (TPSA) is 126 Å². The summed E-state index contributed by atoms with van der Waals surface area (Å²) >= 11 is 0. The fourth-order valence-electron chi connectivity index (χ4n) is 2.86. The van der Waals surface area contributed by atoms with Crippen LogP contribution in [0.25, 0.3) is 16.6 Å². The molecule has 1 fully saturated rings. The van der Waals surface area contributed by atoms with E-state index in [0.717, 1.165) is 16.6 Å². The van der Waals surface area contributed by atoms with E-state index in [2.05, 4.69) is 27.0 Å². The van der Waals surface area contributed by atoms with E-state index >= 15 is 0 Å². The van der Waals surface area contributed by atoms with Gasteiger partial charge in [-0.15, -0.1) is 0 Å². The van der Waals surface area contributed by atoms with E-state index in [0.29, 0.717) is 5.56 Å². The molecule has 0 bridgehead atoms. The van der Waals surface area contributed by atoms with Crippen LogP contribution < -0.4 is 27.1 Å². The van der Waals surface area contributed by atoms with Crippen molar-refractivity contribution in [3.63, 3.8) is 0 Å². The van der Waals surface area contributed by atoms with Crippen LogP contribution in [-0.2, 0) is 10.0 Å². The first-order valence-electron chi connectivity index (χ1n) is 7.15. The van der Waals surface area contributed by atoms with Gasteiger partial charge >= 0.3 is 0 Å². The van der Waals surface area contributed by atoms with Crippen LogP contribution in [0.3, 0.4) is 0 Å². The van der Waals surface area contributed by atoms with Crippen molar-refractivity contribution in [1.82, 2.24) is 31.5 Å². The summed E-state index contributed by atoms with van der Waals surface area (Å²) in [6, 6.07) is 10.7. The molecule has 3 aromatic rings. The highest BCUT2D eigenvalue weighted by Gasteiger charge is 2.27. The van der Waals surface area contributed by atoms with Gasteiger partial charge in [0.1, 0.15) is 6.17 Å². The Morgan fingerprint density at radius 2 is 1.83 bits per heavy atom. The normalized spacial score (nSPS) is 16.0. The third kappa shape index (κ3) is 2.47. The fraction of sp³-hybridized carbons (Fsp3) is 0.0714. The van der Waals surface area contributed by atoms with Gasteiger partial charge in [-0.05, 0) is 23.8 Å². The molecule has 4 rings (SSSR count). The van der Waals surface area contributed by atoms with Crippen LogP contribution in [0, 0.1) is 0 Å². The van der Waals surface area contributed by atoms with Gasteiger partial charge in [-0.1, -0.05) is 18.2 Å². The molecule has 1 saturated heterocycles. The predicted octanol–water partition coefficient (Wildman–Crippen LogP) is -0.236. The van der Waals surface area contributed by atoms with E-state index in [1.54, 1.807) is 16.8 Å². The number of primary sulfonamides is 1.